The SMILES string of the molecule is C=C(OCC)c1c(OC)cnn(Cc2ccc(OC)cc2)c1=O. The van der Waals surface area contributed by atoms with Crippen molar-refractivity contribution >= 4 is 5.76 Å². The van der Waals surface area contributed by atoms with E-state index in [0.29, 0.717) is 18.9 Å². The molecule has 1 aromatic carbocycles. The lowest BCUT2D eigenvalue weighted by atomic mass is 10.2. The Morgan fingerprint density at radius 1 is 1.22 bits per heavy atom. The van der Waals surface area contributed by atoms with Crippen molar-refractivity contribution in [2.24, 2.45) is 0 Å². The molecule has 0 saturated heterocycles. The van der Waals surface area contributed by atoms with Gasteiger partial charge in [0.25, 0.3) is 5.56 Å². The van der Waals surface area contributed by atoms with E-state index >= 15 is 0 Å². The fourth-order valence-corrected chi connectivity index (χ4v) is 2.15. The Labute approximate surface area is 134 Å². The molecule has 6 nitrogen and oxygen atoms in total. The summed E-state index contributed by atoms with van der Waals surface area (Å²) in [5.74, 6) is 1.38. The molecule has 0 radical (unpaired) electrons. The summed E-state index contributed by atoms with van der Waals surface area (Å²) >= 11 is 0. The fraction of sp³-hybridized carbons (Fsp3) is 0.294. The van der Waals surface area contributed by atoms with Crippen LogP contribution in [0.5, 0.6) is 11.5 Å². The Morgan fingerprint density at radius 2 is 1.91 bits per heavy atom. The van der Waals surface area contributed by atoms with Crippen LogP contribution >= 0.6 is 0 Å². The minimum Gasteiger partial charge on any atom is -0.497 e. The van der Waals surface area contributed by atoms with Gasteiger partial charge in [-0.2, -0.15) is 5.10 Å². The minimum absolute atomic E-state index is 0.278. The van der Waals surface area contributed by atoms with Crippen LogP contribution in [0.25, 0.3) is 5.76 Å². The second kappa shape index (κ2) is 7.49. The summed E-state index contributed by atoms with van der Waals surface area (Å²) in [5.41, 5.74) is 0.912. The largest absolute Gasteiger partial charge is 0.497 e. The van der Waals surface area contributed by atoms with E-state index in [2.05, 4.69) is 11.7 Å². The molecule has 122 valence electrons. The number of hydrogen-bond donors (Lipinski definition) is 0. The zero-order valence-electron chi connectivity index (χ0n) is 13.5. The Morgan fingerprint density at radius 3 is 2.48 bits per heavy atom. The van der Waals surface area contributed by atoms with Crippen molar-refractivity contribution in [1.82, 2.24) is 9.78 Å². The maximum Gasteiger partial charge on any atom is 0.281 e. The fourth-order valence-electron chi connectivity index (χ4n) is 2.15. The number of rotatable bonds is 7. The van der Waals surface area contributed by atoms with E-state index in [1.54, 1.807) is 7.11 Å². The van der Waals surface area contributed by atoms with Crippen LogP contribution in [-0.2, 0) is 11.3 Å². The van der Waals surface area contributed by atoms with Gasteiger partial charge in [0.15, 0.2) is 5.75 Å². The molecule has 2 aromatic rings. The van der Waals surface area contributed by atoms with Gasteiger partial charge in [-0.25, -0.2) is 4.68 Å². The zero-order valence-corrected chi connectivity index (χ0v) is 13.5. The topological polar surface area (TPSA) is 62.6 Å². The first-order valence-electron chi connectivity index (χ1n) is 7.19. The second-order valence-corrected chi connectivity index (χ2v) is 4.76. The summed E-state index contributed by atoms with van der Waals surface area (Å²) in [5, 5.41) is 4.14. The van der Waals surface area contributed by atoms with Crippen LogP contribution in [0.3, 0.4) is 0 Å². The molecular formula is C17H20N2O4. The molecule has 1 aromatic heterocycles. The molecule has 0 N–H and O–H groups in total. The van der Waals surface area contributed by atoms with Crippen LogP contribution < -0.4 is 15.0 Å². The van der Waals surface area contributed by atoms with Crippen LogP contribution in [-0.4, -0.2) is 30.6 Å². The molecule has 2 rings (SSSR count). The molecule has 0 aliphatic heterocycles. The molecule has 0 aliphatic rings. The number of aromatic nitrogens is 2. The first kappa shape index (κ1) is 16.6. The number of methoxy groups -OCH3 is 2. The highest BCUT2D eigenvalue weighted by molar-refractivity contribution is 5.62. The van der Waals surface area contributed by atoms with Gasteiger partial charge in [0, 0.05) is 0 Å². The van der Waals surface area contributed by atoms with Crippen LogP contribution in [0.15, 0.2) is 41.8 Å². The molecule has 1 heterocycles. The van der Waals surface area contributed by atoms with Gasteiger partial charge in [-0.15, -0.1) is 0 Å². The van der Waals surface area contributed by atoms with Crippen LogP contribution in [0, 0.1) is 0 Å². The smallest absolute Gasteiger partial charge is 0.281 e. The van der Waals surface area contributed by atoms with E-state index in [-0.39, 0.29) is 16.9 Å². The van der Waals surface area contributed by atoms with Crippen molar-refractivity contribution in [3.05, 3.63) is 58.5 Å². The van der Waals surface area contributed by atoms with Gasteiger partial charge < -0.3 is 14.2 Å². The lowest BCUT2D eigenvalue weighted by molar-refractivity contribution is 0.295. The number of nitrogens with zero attached hydrogens (tertiary/aromatic N) is 2. The Bertz CT molecular complexity index is 735. The number of hydrogen-bond acceptors (Lipinski definition) is 5. The standard InChI is InChI=1S/C17H20N2O4/c1-5-23-12(2)16-15(22-4)10-18-19(17(16)20)11-13-6-8-14(21-3)9-7-13/h6-10H,2,5,11H2,1,3-4H3. The summed E-state index contributed by atoms with van der Waals surface area (Å²) in [4.78, 5) is 12.6. The van der Waals surface area contributed by atoms with Gasteiger partial charge in [0.1, 0.15) is 17.1 Å². The lowest BCUT2D eigenvalue weighted by Crippen LogP contribution is -2.27. The molecule has 0 saturated carbocycles. The third kappa shape index (κ3) is 3.71. The predicted molar refractivity (Wildman–Crippen MR) is 87.8 cm³/mol. The molecule has 0 aliphatic carbocycles. The third-order valence-corrected chi connectivity index (χ3v) is 3.32. The van der Waals surface area contributed by atoms with Crippen molar-refractivity contribution in [2.75, 3.05) is 20.8 Å². The summed E-state index contributed by atoms with van der Waals surface area (Å²) < 4.78 is 17.0. The van der Waals surface area contributed by atoms with Crippen molar-refractivity contribution < 1.29 is 14.2 Å². The number of ether oxygens (including phenoxy) is 3. The average molecular weight is 316 g/mol. The third-order valence-electron chi connectivity index (χ3n) is 3.32. The molecule has 0 bridgehead atoms. The van der Waals surface area contributed by atoms with Crippen LogP contribution in [0.2, 0.25) is 0 Å². The first-order chi connectivity index (χ1) is 11.1. The zero-order chi connectivity index (χ0) is 16.8. The molecule has 0 unspecified atom stereocenters. The summed E-state index contributed by atoms with van der Waals surface area (Å²) in [7, 11) is 3.09. The Balaban J connectivity index is 2.37. The Hall–Kier alpha value is -2.76. The second-order valence-electron chi connectivity index (χ2n) is 4.76. The van der Waals surface area contributed by atoms with Gasteiger partial charge in [0.2, 0.25) is 0 Å². The molecular weight excluding hydrogens is 296 g/mol. The molecule has 0 spiro atoms. The predicted octanol–water partition coefficient (Wildman–Crippen LogP) is 2.32. The molecule has 0 amide bonds. The van der Waals surface area contributed by atoms with Crippen LogP contribution in [0.1, 0.15) is 18.1 Å². The minimum atomic E-state index is -0.307. The van der Waals surface area contributed by atoms with Gasteiger partial charge in [0.05, 0.1) is 33.6 Å². The molecule has 0 fully saturated rings. The van der Waals surface area contributed by atoms with Gasteiger partial charge in [-0.05, 0) is 24.6 Å². The van der Waals surface area contributed by atoms with Gasteiger partial charge >= 0.3 is 0 Å². The number of benzene rings is 1. The van der Waals surface area contributed by atoms with E-state index in [9.17, 15) is 4.79 Å². The maximum absolute atomic E-state index is 12.6. The molecule has 23 heavy (non-hydrogen) atoms. The molecule has 0 atom stereocenters. The highest BCUT2D eigenvalue weighted by Crippen LogP contribution is 2.21. The van der Waals surface area contributed by atoms with Crippen LogP contribution in [0.4, 0.5) is 0 Å². The van der Waals surface area contributed by atoms with E-state index in [0.717, 1.165) is 11.3 Å². The van der Waals surface area contributed by atoms with E-state index in [1.165, 1.54) is 18.0 Å². The summed E-state index contributed by atoms with van der Waals surface area (Å²) in [6, 6.07) is 7.44. The highest BCUT2D eigenvalue weighted by Gasteiger charge is 2.16. The van der Waals surface area contributed by atoms with Gasteiger partial charge in [-0.1, -0.05) is 18.7 Å². The monoisotopic (exact) mass is 316 g/mol. The average Bonchev–Trinajstić information content (AvgIpc) is 2.57. The highest BCUT2D eigenvalue weighted by atomic mass is 16.5. The van der Waals surface area contributed by atoms with E-state index in [4.69, 9.17) is 14.2 Å². The Kier molecular flexibility index (Phi) is 5.41. The van der Waals surface area contributed by atoms with E-state index < -0.39 is 0 Å². The normalized spacial score (nSPS) is 10.2. The van der Waals surface area contributed by atoms with Crippen molar-refractivity contribution in [2.45, 2.75) is 13.5 Å². The van der Waals surface area contributed by atoms with Crippen molar-refractivity contribution in [3.63, 3.8) is 0 Å². The maximum atomic E-state index is 12.6. The van der Waals surface area contributed by atoms with Crippen molar-refractivity contribution in [3.8, 4) is 11.5 Å². The van der Waals surface area contributed by atoms with Crippen molar-refractivity contribution in [1.29, 1.82) is 0 Å². The van der Waals surface area contributed by atoms with E-state index in [1.807, 2.05) is 31.2 Å². The summed E-state index contributed by atoms with van der Waals surface area (Å²) in [6.07, 6.45) is 1.49. The summed E-state index contributed by atoms with van der Waals surface area (Å²) in [6.45, 7) is 6.37. The quantitative estimate of drug-likeness (QED) is 0.734. The molecule has 6 heteroatoms. The lowest BCUT2D eigenvalue weighted by Gasteiger charge is -2.13. The first-order valence-corrected chi connectivity index (χ1v) is 7.19. The van der Waals surface area contributed by atoms with Gasteiger partial charge in [-0.3, -0.25) is 4.79 Å².